The van der Waals surface area contributed by atoms with Crippen molar-refractivity contribution >= 4 is 17.3 Å². The predicted molar refractivity (Wildman–Crippen MR) is 58.4 cm³/mol. The number of rotatable bonds is 5. The van der Waals surface area contributed by atoms with Gasteiger partial charge in [-0.05, 0) is 13.0 Å². The van der Waals surface area contributed by atoms with Crippen molar-refractivity contribution in [1.29, 1.82) is 0 Å². The number of esters is 1. The maximum Gasteiger partial charge on any atom is 0.307 e. The van der Waals surface area contributed by atoms with Crippen molar-refractivity contribution in [1.82, 2.24) is 4.98 Å². The van der Waals surface area contributed by atoms with E-state index in [2.05, 4.69) is 10.3 Å². The van der Waals surface area contributed by atoms with Gasteiger partial charge in [-0.1, -0.05) is 0 Å². The molecule has 0 spiro atoms. The lowest BCUT2D eigenvalue weighted by Gasteiger charge is -2.05. The number of nitrogens with two attached hydrogens (primary N) is 1. The molecule has 0 aliphatic carbocycles. The molecule has 1 heterocycles. The molecule has 1 aromatic rings. The van der Waals surface area contributed by atoms with Gasteiger partial charge >= 0.3 is 5.97 Å². The lowest BCUT2D eigenvalue weighted by Crippen LogP contribution is -2.11. The van der Waals surface area contributed by atoms with E-state index in [1.54, 1.807) is 25.4 Å². The number of nitrogens with one attached hydrogen (secondary N) is 1. The van der Waals surface area contributed by atoms with Crippen LogP contribution < -0.4 is 11.1 Å². The molecule has 3 N–H and O–H groups in total. The van der Waals surface area contributed by atoms with Crippen LogP contribution in [0.4, 0.5) is 11.4 Å². The Morgan fingerprint density at radius 2 is 2.40 bits per heavy atom. The summed E-state index contributed by atoms with van der Waals surface area (Å²) in [7, 11) is 0. The fraction of sp³-hybridized carbons (Fsp3) is 0.400. The van der Waals surface area contributed by atoms with Gasteiger partial charge in [-0.3, -0.25) is 9.78 Å². The fourth-order valence-electron chi connectivity index (χ4n) is 1.10. The van der Waals surface area contributed by atoms with E-state index in [0.29, 0.717) is 25.3 Å². The highest BCUT2D eigenvalue weighted by Crippen LogP contribution is 2.08. The minimum atomic E-state index is -0.207. The Hall–Kier alpha value is -1.78. The Morgan fingerprint density at radius 1 is 1.60 bits per heavy atom. The van der Waals surface area contributed by atoms with Gasteiger partial charge in [0.2, 0.25) is 0 Å². The van der Waals surface area contributed by atoms with E-state index < -0.39 is 0 Å². The van der Waals surface area contributed by atoms with E-state index in [1.807, 2.05) is 0 Å². The second kappa shape index (κ2) is 5.85. The maximum absolute atomic E-state index is 11.0. The van der Waals surface area contributed by atoms with Crippen LogP contribution in [0, 0.1) is 0 Å². The van der Waals surface area contributed by atoms with Crippen LogP contribution in [0.2, 0.25) is 0 Å². The Balaban J connectivity index is 2.28. The van der Waals surface area contributed by atoms with Gasteiger partial charge in [0.1, 0.15) is 0 Å². The Kier molecular flexibility index (Phi) is 4.40. The first-order chi connectivity index (χ1) is 7.22. The summed E-state index contributed by atoms with van der Waals surface area (Å²) < 4.78 is 4.78. The van der Waals surface area contributed by atoms with Crippen LogP contribution in [0.25, 0.3) is 0 Å². The average molecular weight is 209 g/mol. The van der Waals surface area contributed by atoms with Gasteiger partial charge in [-0.15, -0.1) is 0 Å². The number of carbonyl (C=O) groups is 1. The standard InChI is InChI=1S/C10H15N3O2/c1-2-15-10(14)3-4-13-9-5-8(11)6-12-7-9/h5-7,13H,2-4,11H2,1H3. The van der Waals surface area contributed by atoms with Crippen molar-refractivity contribution < 1.29 is 9.53 Å². The van der Waals surface area contributed by atoms with Gasteiger partial charge in [0.25, 0.3) is 0 Å². The van der Waals surface area contributed by atoms with Gasteiger partial charge in [-0.25, -0.2) is 0 Å². The smallest absolute Gasteiger partial charge is 0.307 e. The molecular formula is C10H15N3O2. The summed E-state index contributed by atoms with van der Waals surface area (Å²) in [6.45, 7) is 2.72. The van der Waals surface area contributed by atoms with Crippen LogP contribution in [0.15, 0.2) is 18.5 Å². The van der Waals surface area contributed by atoms with E-state index >= 15 is 0 Å². The minimum Gasteiger partial charge on any atom is -0.466 e. The van der Waals surface area contributed by atoms with E-state index in [1.165, 1.54) is 0 Å². The van der Waals surface area contributed by atoms with E-state index in [9.17, 15) is 4.79 Å². The molecule has 0 fully saturated rings. The molecule has 0 amide bonds. The van der Waals surface area contributed by atoms with Crippen molar-refractivity contribution in [3.63, 3.8) is 0 Å². The van der Waals surface area contributed by atoms with E-state index in [0.717, 1.165) is 5.69 Å². The molecule has 0 saturated heterocycles. The number of pyridine rings is 1. The van der Waals surface area contributed by atoms with Crippen LogP contribution in [0.1, 0.15) is 13.3 Å². The quantitative estimate of drug-likeness (QED) is 0.708. The molecule has 0 aromatic carbocycles. The number of anilines is 2. The van der Waals surface area contributed by atoms with Crippen LogP contribution in [-0.4, -0.2) is 24.1 Å². The molecule has 0 radical (unpaired) electrons. The summed E-state index contributed by atoms with van der Waals surface area (Å²) >= 11 is 0. The topological polar surface area (TPSA) is 77.2 Å². The minimum absolute atomic E-state index is 0.207. The fourth-order valence-corrected chi connectivity index (χ4v) is 1.10. The second-order valence-electron chi connectivity index (χ2n) is 2.99. The number of hydrogen-bond acceptors (Lipinski definition) is 5. The highest BCUT2D eigenvalue weighted by Gasteiger charge is 2.00. The average Bonchev–Trinajstić information content (AvgIpc) is 2.18. The van der Waals surface area contributed by atoms with Crippen molar-refractivity contribution in [3.05, 3.63) is 18.5 Å². The molecule has 5 heteroatoms. The van der Waals surface area contributed by atoms with Crippen LogP contribution in [0.5, 0.6) is 0 Å². The van der Waals surface area contributed by atoms with Gasteiger partial charge < -0.3 is 15.8 Å². The van der Waals surface area contributed by atoms with E-state index in [-0.39, 0.29) is 5.97 Å². The Bertz CT molecular complexity index is 328. The molecule has 0 unspecified atom stereocenters. The summed E-state index contributed by atoms with van der Waals surface area (Å²) in [5.41, 5.74) is 6.94. The molecule has 0 bridgehead atoms. The summed E-state index contributed by atoms with van der Waals surface area (Å²) in [5.74, 6) is -0.207. The van der Waals surface area contributed by atoms with Gasteiger partial charge in [0.15, 0.2) is 0 Å². The largest absolute Gasteiger partial charge is 0.466 e. The van der Waals surface area contributed by atoms with Crippen LogP contribution in [-0.2, 0) is 9.53 Å². The summed E-state index contributed by atoms with van der Waals surface area (Å²) in [5, 5.41) is 3.03. The molecule has 0 aliphatic rings. The highest BCUT2D eigenvalue weighted by atomic mass is 16.5. The summed E-state index contributed by atoms with van der Waals surface area (Å²) in [6, 6.07) is 1.76. The van der Waals surface area contributed by atoms with Crippen molar-refractivity contribution in [2.75, 3.05) is 24.2 Å². The van der Waals surface area contributed by atoms with Crippen LogP contribution in [0.3, 0.4) is 0 Å². The van der Waals surface area contributed by atoms with Crippen LogP contribution >= 0.6 is 0 Å². The van der Waals surface area contributed by atoms with Crippen molar-refractivity contribution in [3.8, 4) is 0 Å². The zero-order valence-corrected chi connectivity index (χ0v) is 8.69. The number of carbonyl (C=O) groups excluding carboxylic acids is 1. The third-order valence-corrected chi connectivity index (χ3v) is 1.72. The normalized spacial score (nSPS) is 9.67. The number of aromatic nitrogens is 1. The first-order valence-electron chi connectivity index (χ1n) is 4.82. The van der Waals surface area contributed by atoms with E-state index in [4.69, 9.17) is 10.5 Å². The van der Waals surface area contributed by atoms with Crippen molar-refractivity contribution in [2.24, 2.45) is 0 Å². The molecule has 1 aromatic heterocycles. The molecular weight excluding hydrogens is 194 g/mol. The van der Waals surface area contributed by atoms with Gasteiger partial charge in [-0.2, -0.15) is 0 Å². The second-order valence-corrected chi connectivity index (χ2v) is 2.99. The Labute approximate surface area is 88.6 Å². The summed E-state index contributed by atoms with van der Waals surface area (Å²) in [4.78, 5) is 14.9. The number of nitrogens with zero attached hydrogens (tertiary/aromatic N) is 1. The third-order valence-electron chi connectivity index (χ3n) is 1.72. The molecule has 0 aliphatic heterocycles. The van der Waals surface area contributed by atoms with Gasteiger partial charge in [0.05, 0.1) is 30.6 Å². The first-order valence-corrected chi connectivity index (χ1v) is 4.82. The lowest BCUT2D eigenvalue weighted by molar-refractivity contribution is -0.142. The van der Waals surface area contributed by atoms with Gasteiger partial charge in [0, 0.05) is 12.7 Å². The lowest BCUT2D eigenvalue weighted by atomic mass is 10.3. The summed E-state index contributed by atoms with van der Waals surface area (Å²) in [6.07, 6.45) is 3.56. The molecule has 5 nitrogen and oxygen atoms in total. The SMILES string of the molecule is CCOC(=O)CCNc1cncc(N)c1. The third kappa shape index (κ3) is 4.30. The number of ether oxygens (including phenoxy) is 1. The maximum atomic E-state index is 11.0. The molecule has 15 heavy (non-hydrogen) atoms. The zero-order chi connectivity index (χ0) is 11.1. The molecule has 82 valence electrons. The monoisotopic (exact) mass is 209 g/mol. The first kappa shape index (κ1) is 11.3. The molecule has 1 rings (SSSR count). The number of nitrogen functional groups attached to an aromatic ring is 1. The van der Waals surface area contributed by atoms with Crippen molar-refractivity contribution in [2.45, 2.75) is 13.3 Å². The number of hydrogen-bond donors (Lipinski definition) is 2. The zero-order valence-electron chi connectivity index (χ0n) is 8.69. The highest BCUT2D eigenvalue weighted by molar-refractivity contribution is 5.70. The molecule has 0 atom stereocenters. The molecule has 0 saturated carbocycles. The predicted octanol–water partition coefficient (Wildman–Crippen LogP) is 1.03. The Morgan fingerprint density at radius 3 is 3.07 bits per heavy atom.